The van der Waals surface area contributed by atoms with E-state index in [0.717, 1.165) is 23.9 Å². The van der Waals surface area contributed by atoms with Gasteiger partial charge in [0.1, 0.15) is 6.07 Å². The normalized spacial score (nSPS) is 10.4. The molecule has 0 saturated heterocycles. The number of rotatable bonds is 4. The molecule has 0 saturated carbocycles. The third kappa shape index (κ3) is 2.91. The van der Waals surface area contributed by atoms with Gasteiger partial charge in [0, 0.05) is 6.20 Å². The van der Waals surface area contributed by atoms with Gasteiger partial charge in [-0.25, -0.2) is 9.18 Å². The van der Waals surface area contributed by atoms with Crippen LogP contribution in [0.5, 0.6) is 5.75 Å². The van der Waals surface area contributed by atoms with E-state index < -0.39 is 24.1 Å². The van der Waals surface area contributed by atoms with Crippen molar-refractivity contribution in [3.05, 3.63) is 41.5 Å². The molecule has 6 nitrogen and oxygen atoms in total. The highest BCUT2D eigenvalue weighted by Gasteiger charge is 2.24. The van der Waals surface area contributed by atoms with Crippen LogP contribution in [0.15, 0.2) is 24.4 Å². The molecule has 120 valence electrons. The second-order valence-corrected chi connectivity index (χ2v) is 4.25. The van der Waals surface area contributed by atoms with Crippen LogP contribution in [0, 0.1) is 17.1 Å². The molecule has 0 aliphatic carbocycles. The van der Waals surface area contributed by atoms with E-state index in [1.54, 1.807) is 6.07 Å². The molecule has 0 atom stereocenters. The lowest BCUT2D eigenvalue weighted by Crippen LogP contribution is -2.13. The Bertz CT molecular complexity index is 797. The largest absolute Gasteiger partial charge is 0.464 e. The van der Waals surface area contributed by atoms with Crippen molar-refractivity contribution in [2.24, 2.45) is 0 Å². The van der Waals surface area contributed by atoms with Gasteiger partial charge in [-0.15, -0.1) is 0 Å². The number of carbonyl (C=O) groups is 1. The van der Waals surface area contributed by atoms with Gasteiger partial charge in [-0.2, -0.15) is 14.0 Å². The molecular formula is C14H10F3N3O3. The number of nitrogens with zero attached hydrogens (tertiary/aromatic N) is 2. The predicted molar refractivity (Wildman–Crippen MR) is 72.8 cm³/mol. The lowest BCUT2D eigenvalue weighted by Gasteiger charge is -2.12. The zero-order chi connectivity index (χ0) is 17.1. The first-order valence-corrected chi connectivity index (χ1v) is 6.13. The van der Waals surface area contributed by atoms with Gasteiger partial charge in [0.15, 0.2) is 17.3 Å². The average molecular weight is 325 g/mol. The number of methoxy groups -OCH3 is 1. The maximum absolute atomic E-state index is 14.4. The first-order chi connectivity index (χ1) is 10.9. The summed E-state index contributed by atoms with van der Waals surface area (Å²) in [6.07, 6.45) is 1.10. The predicted octanol–water partition coefficient (Wildman–Crippen LogP) is 2.46. The van der Waals surface area contributed by atoms with Gasteiger partial charge in [0.25, 0.3) is 0 Å². The molecule has 9 heteroatoms. The summed E-state index contributed by atoms with van der Waals surface area (Å²) in [5, 5.41) is 8.99. The molecule has 0 fully saturated rings. The number of nitrogens with two attached hydrogens (primary N) is 1. The number of hydrogen-bond donors (Lipinski definition) is 1. The molecule has 2 rings (SSSR count). The zero-order valence-electron chi connectivity index (χ0n) is 11.7. The first kappa shape index (κ1) is 16.2. The summed E-state index contributed by atoms with van der Waals surface area (Å²) >= 11 is 0. The Morgan fingerprint density at radius 3 is 2.70 bits per heavy atom. The first-order valence-electron chi connectivity index (χ1n) is 6.13. The number of anilines is 1. The van der Waals surface area contributed by atoms with Crippen molar-refractivity contribution < 1.29 is 27.4 Å². The van der Waals surface area contributed by atoms with Gasteiger partial charge in [0.05, 0.1) is 24.0 Å². The minimum Gasteiger partial charge on any atom is -0.464 e. The van der Waals surface area contributed by atoms with Crippen molar-refractivity contribution in [1.82, 2.24) is 4.57 Å². The van der Waals surface area contributed by atoms with Gasteiger partial charge in [-0.1, -0.05) is 6.07 Å². The highest BCUT2D eigenvalue weighted by Crippen LogP contribution is 2.30. The van der Waals surface area contributed by atoms with Crippen LogP contribution in [0.4, 0.5) is 18.9 Å². The fraction of sp³-hybridized carbons (Fsp3) is 0.143. The maximum Gasteiger partial charge on any atom is 0.387 e. The molecule has 1 aromatic heterocycles. The van der Waals surface area contributed by atoms with E-state index in [2.05, 4.69) is 9.47 Å². The van der Waals surface area contributed by atoms with Crippen LogP contribution >= 0.6 is 0 Å². The van der Waals surface area contributed by atoms with Crippen molar-refractivity contribution >= 4 is 11.7 Å². The standard InChI is InChI=1S/C14H10F3N3O3/c1-22-13(21)12-11(19)7(5-18)6-20(12)8-3-2-4-9(10(8)15)23-14(16)17/h2-4,6,14H,19H2,1H3. The summed E-state index contributed by atoms with van der Waals surface area (Å²) in [4.78, 5) is 11.8. The third-order valence-corrected chi connectivity index (χ3v) is 2.96. The molecule has 0 aliphatic heterocycles. The summed E-state index contributed by atoms with van der Waals surface area (Å²) in [5.74, 6) is -2.76. The molecule has 0 amide bonds. The molecule has 2 N–H and O–H groups in total. The van der Waals surface area contributed by atoms with Crippen molar-refractivity contribution in [2.45, 2.75) is 6.61 Å². The number of hydrogen-bond acceptors (Lipinski definition) is 5. The van der Waals surface area contributed by atoms with Gasteiger partial charge in [-0.3, -0.25) is 0 Å². The lowest BCUT2D eigenvalue weighted by atomic mass is 10.2. The number of esters is 1. The molecule has 0 radical (unpaired) electrons. The average Bonchev–Trinajstić information content (AvgIpc) is 2.84. The van der Waals surface area contributed by atoms with Crippen LogP contribution in [0.3, 0.4) is 0 Å². The fourth-order valence-corrected chi connectivity index (χ4v) is 1.98. The van der Waals surface area contributed by atoms with Gasteiger partial charge in [0.2, 0.25) is 0 Å². The molecule has 23 heavy (non-hydrogen) atoms. The van der Waals surface area contributed by atoms with Gasteiger partial charge < -0.3 is 19.8 Å². The van der Waals surface area contributed by atoms with Crippen LogP contribution in [-0.4, -0.2) is 24.3 Å². The quantitative estimate of drug-likeness (QED) is 0.872. The fourth-order valence-electron chi connectivity index (χ4n) is 1.98. The number of nitriles is 1. The molecule has 0 spiro atoms. The monoisotopic (exact) mass is 325 g/mol. The van der Waals surface area contributed by atoms with Crippen LogP contribution in [0.2, 0.25) is 0 Å². The second-order valence-electron chi connectivity index (χ2n) is 4.25. The number of nitrogen functional groups attached to an aromatic ring is 1. The summed E-state index contributed by atoms with van der Waals surface area (Å²) in [6, 6.07) is 5.20. The van der Waals surface area contributed by atoms with E-state index in [1.807, 2.05) is 0 Å². The minimum absolute atomic E-state index is 0.0926. The number of carbonyl (C=O) groups excluding carboxylic acids is 1. The number of benzene rings is 1. The molecule has 0 unspecified atom stereocenters. The Kier molecular flexibility index (Phi) is 4.45. The van der Waals surface area contributed by atoms with E-state index in [9.17, 15) is 18.0 Å². The molecule has 1 aromatic carbocycles. The topological polar surface area (TPSA) is 90.3 Å². The smallest absolute Gasteiger partial charge is 0.387 e. The van der Waals surface area contributed by atoms with Crippen LogP contribution in [-0.2, 0) is 4.74 Å². The van der Waals surface area contributed by atoms with Crippen LogP contribution in [0.25, 0.3) is 5.69 Å². The number of alkyl halides is 2. The van der Waals surface area contributed by atoms with Gasteiger partial charge >= 0.3 is 12.6 Å². The highest BCUT2D eigenvalue weighted by atomic mass is 19.3. The summed E-state index contributed by atoms with van der Waals surface area (Å²) < 4.78 is 48.5. The number of halogens is 3. The number of aromatic nitrogens is 1. The van der Waals surface area contributed by atoms with Crippen molar-refractivity contribution in [3.8, 4) is 17.5 Å². The Morgan fingerprint density at radius 2 is 2.13 bits per heavy atom. The second kappa shape index (κ2) is 6.31. The van der Waals surface area contributed by atoms with E-state index in [0.29, 0.717) is 0 Å². The Morgan fingerprint density at radius 1 is 1.43 bits per heavy atom. The SMILES string of the molecule is COC(=O)c1c(N)c(C#N)cn1-c1cccc(OC(F)F)c1F. The van der Waals surface area contributed by atoms with E-state index >= 15 is 0 Å². The summed E-state index contributed by atoms with van der Waals surface area (Å²) in [5.41, 5.74) is 4.79. The molecule has 1 heterocycles. The van der Waals surface area contributed by atoms with Crippen molar-refractivity contribution in [3.63, 3.8) is 0 Å². The zero-order valence-corrected chi connectivity index (χ0v) is 11.7. The maximum atomic E-state index is 14.4. The summed E-state index contributed by atoms with van der Waals surface area (Å²) in [6.45, 7) is -3.22. The highest BCUT2D eigenvalue weighted by molar-refractivity contribution is 5.96. The van der Waals surface area contributed by atoms with Crippen molar-refractivity contribution in [2.75, 3.05) is 12.8 Å². The molecular weight excluding hydrogens is 315 g/mol. The van der Waals surface area contributed by atoms with Crippen LogP contribution in [0.1, 0.15) is 16.1 Å². The van der Waals surface area contributed by atoms with Gasteiger partial charge in [-0.05, 0) is 12.1 Å². The van der Waals surface area contributed by atoms with E-state index in [-0.39, 0.29) is 22.6 Å². The third-order valence-electron chi connectivity index (χ3n) is 2.96. The minimum atomic E-state index is -3.22. The summed E-state index contributed by atoms with van der Waals surface area (Å²) in [7, 11) is 1.08. The van der Waals surface area contributed by atoms with Crippen molar-refractivity contribution in [1.29, 1.82) is 5.26 Å². The van der Waals surface area contributed by atoms with E-state index in [1.165, 1.54) is 12.1 Å². The van der Waals surface area contributed by atoms with Crippen LogP contribution < -0.4 is 10.5 Å². The molecule has 0 bridgehead atoms. The number of ether oxygens (including phenoxy) is 2. The Hall–Kier alpha value is -3.15. The lowest BCUT2D eigenvalue weighted by molar-refractivity contribution is -0.0521. The Balaban J connectivity index is 2.68. The molecule has 0 aliphatic rings. The molecule has 2 aromatic rings. The van der Waals surface area contributed by atoms with E-state index in [4.69, 9.17) is 11.0 Å². The Labute approximate surface area is 128 Å².